The second kappa shape index (κ2) is 4.86. The van der Waals surface area contributed by atoms with Crippen molar-refractivity contribution < 1.29 is 16.7 Å². The van der Waals surface area contributed by atoms with E-state index in [4.69, 9.17) is 25.5 Å². The van der Waals surface area contributed by atoms with Crippen molar-refractivity contribution in [1.82, 2.24) is 0 Å². The summed E-state index contributed by atoms with van der Waals surface area (Å²) in [6, 6.07) is 8.18. The van der Waals surface area contributed by atoms with Gasteiger partial charge in [-0.15, -0.1) is 0 Å². The van der Waals surface area contributed by atoms with E-state index in [2.05, 4.69) is 39.1 Å². The van der Waals surface area contributed by atoms with Gasteiger partial charge in [0.1, 0.15) is 0 Å². The Kier molecular flexibility index (Phi) is 3.67. The van der Waals surface area contributed by atoms with Crippen LogP contribution in [0.5, 0.6) is 0 Å². The third-order valence-electron chi connectivity index (χ3n) is 3.04. The molecule has 0 aromatic heterocycles. The normalized spacial score (nSPS) is 21.8. The molecule has 0 amide bonds. The van der Waals surface area contributed by atoms with Gasteiger partial charge in [0.2, 0.25) is 0 Å². The molecule has 0 saturated carbocycles. The van der Waals surface area contributed by atoms with Crippen molar-refractivity contribution in [2.75, 3.05) is 0 Å². The molecule has 0 saturated heterocycles. The third-order valence-corrected chi connectivity index (χ3v) is 9.29. The van der Waals surface area contributed by atoms with E-state index in [1.807, 2.05) is 18.2 Å². The summed E-state index contributed by atoms with van der Waals surface area (Å²) >= 11 is -0.369. The average molecular weight is 443 g/mol. The molecule has 3 rings (SSSR count). The van der Waals surface area contributed by atoms with Gasteiger partial charge in [-0.3, -0.25) is 0 Å². The summed E-state index contributed by atoms with van der Waals surface area (Å²) in [5.74, 6) is 0.0331. The van der Waals surface area contributed by atoms with E-state index in [9.17, 15) is 0 Å². The minimum absolute atomic E-state index is 0.0331. The van der Waals surface area contributed by atoms with E-state index in [1.165, 1.54) is 11.1 Å². The fourth-order valence-electron chi connectivity index (χ4n) is 2.35. The van der Waals surface area contributed by atoms with E-state index in [0.717, 1.165) is 13.6 Å². The van der Waals surface area contributed by atoms with Crippen LogP contribution in [-0.2, 0) is 16.7 Å². The first-order valence-corrected chi connectivity index (χ1v) is 16.8. The van der Waals surface area contributed by atoms with Crippen molar-refractivity contribution >= 4 is 51.0 Å². The number of nitrogens with zero attached hydrogens (tertiary/aromatic N) is 1. The van der Waals surface area contributed by atoms with Crippen LogP contribution >= 0.6 is 41.5 Å². The molecule has 1 aliphatic heterocycles. The van der Waals surface area contributed by atoms with Gasteiger partial charge in [0.15, 0.2) is 0 Å². The quantitative estimate of drug-likeness (QED) is 0.514. The van der Waals surface area contributed by atoms with Gasteiger partial charge >= 0.3 is 130 Å². The summed E-state index contributed by atoms with van der Waals surface area (Å²) in [6.07, 6.45) is 4.13. The maximum absolute atomic E-state index is 6.25. The Hall–Kier alpha value is 0.603. The summed E-state index contributed by atoms with van der Waals surface area (Å²) in [7, 11) is 18.7. The van der Waals surface area contributed by atoms with Gasteiger partial charge in [-0.05, 0) is 0 Å². The molecule has 1 nitrogen and oxygen atoms in total. The van der Waals surface area contributed by atoms with Crippen LogP contribution in [0.15, 0.2) is 45.5 Å². The van der Waals surface area contributed by atoms with Crippen LogP contribution in [0, 0.1) is 0 Å². The average Bonchev–Trinajstić information content (AvgIpc) is 2.64. The van der Waals surface area contributed by atoms with Gasteiger partial charge in [-0.2, -0.15) is 0 Å². The van der Waals surface area contributed by atoms with Crippen molar-refractivity contribution in [3.05, 3.63) is 51.6 Å². The molecular formula is C12H7BrCl3NZr. The molecule has 6 heteroatoms. The molecule has 2 aliphatic rings. The molecule has 0 N–H and O–H groups in total. The Morgan fingerprint density at radius 3 is 2.56 bits per heavy atom. The summed E-state index contributed by atoms with van der Waals surface area (Å²) in [5, 5.41) is 0. The van der Waals surface area contributed by atoms with Crippen molar-refractivity contribution in [2.24, 2.45) is 4.99 Å². The second-order valence-electron chi connectivity index (χ2n) is 4.17. The first-order valence-electron chi connectivity index (χ1n) is 5.30. The van der Waals surface area contributed by atoms with Crippen LogP contribution in [0.2, 0.25) is 0 Å². The molecule has 92 valence electrons. The van der Waals surface area contributed by atoms with E-state index in [-0.39, 0.29) is 5.92 Å². The molecule has 1 heterocycles. The van der Waals surface area contributed by atoms with E-state index in [0.29, 0.717) is 0 Å². The molecule has 0 bridgehead atoms. The van der Waals surface area contributed by atoms with Crippen LogP contribution in [0.1, 0.15) is 17.0 Å². The van der Waals surface area contributed by atoms with E-state index in [1.54, 1.807) is 0 Å². The number of halogens is 4. The van der Waals surface area contributed by atoms with Crippen molar-refractivity contribution in [3.8, 4) is 0 Å². The monoisotopic (exact) mass is 439 g/mol. The fourth-order valence-corrected chi connectivity index (χ4v) is 8.10. The van der Waals surface area contributed by atoms with Crippen LogP contribution < -0.4 is 0 Å². The molecule has 0 radical (unpaired) electrons. The Morgan fingerprint density at radius 1 is 1.11 bits per heavy atom. The van der Waals surface area contributed by atoms with Gasteiger partial charge in [0.25, 0.3) is 0 Å². The van der Waals surface area contributed by atoms with Crippen LogP contribution in [-0.4, -0.2) is 3.42 Å². The molecule has 1 aromatic rings. The second-order valence-corrected chi connectivity index (χ2v) is 22.2. The van der Waals surface area contributed by atoms with Crippen molar-refractivity contribution in [2.45, 2.75) is 5.92 Å². The molecule has 1 aliphatic carbocycles. The summed E-state index contributed by atoms with van der Waals surface area (Å²) in [4.78, 5) is 4.45. The van der Waals surface area contributed by atoms with Crippen molar-refractivity contribution in [1.29, 1.82) is 0 Å². The van der Waals surface area contributed by atoms with Gasteiger partial charge < -0.3 is 0 Å². The molecule has 0 fully saturated rings. The minimum atomic E-state index is -3.76. The van der Waals surface area contributed by atoms with E-state index < -0.39 is 16.7 Å². The number of rotatable bonds is 1. The van der Waals surface area contributed by atoms with Gasteiger partial charge in [0.05, 0.1) is 0 Å². The first-order chi connectivity index (χ1) is 8.47. The predicted octanol–water partition coefficient (Wildman–Crippen LogP) is 5.43. The Balaban J connectivity index is 2.19. The van der Waals surface area contributed by atoms with Crippen LogP contribution in [0.4, 0.5) is 0 Å². The van der Waals surface area contributed by atoms with Crippen molar-refractivity contribution in [3.63, 3.8) is 0 Å². The van der Waals surface area contributed by atoms with Crippen LogP contribution in [0.3, 0.4) is 0 Å². The maximum atomic E-state index is 6.25. The summed E-state index contributed by atoms with van der Waals surface area (Å²) in [5.41, 5.74) is 3.52. The molecule has 1 unspecified atom stereocenters. The summed E-state index contributed by atoms with van der Waals surface area (Å²) < 4.78 is 1.48. The number of hydrogen-bond donors (Lipinski definition) is 0. The number of hydrogen-bond acceptors (Lipinski definition) is 1. The number of allylic oxidation sites excluding steroid dienone is 2. The number of aliphatic imine (C=N–C) groups is 1. The Labute approximate surface area is 129 Å². The van der Waals surface area contributed by atoms with E-state index >= 15 is 0 Å². The zero-order chi connectivity index (χ0) is 12.9. The zero-order valence-corrected chi connectivity index (χ0v) is 15.3. The zero-order valence-electron chi connectivity index (χ0n) is 9.00. The van der Waals surface area contributed by atoms with Gasteiger partial charge in [-0.25, -0.2) is 0 Å². The summed E-state index contributed by atoms with van der Waals surface area (Å²) in [6.45, 7) is 0. The van der Waals surface area contributed by atoms with Gasteiger partial charge in [0, 0.05) is 0 Å². The Bertz CT molecular complexity index is 616. The molecule has 0 spiro atoms. The predicted molar refractivity (Wildman–Crippen MR) is 79.2 cm³/mol. The SMILES string of the molecule is [Cl][Zr]([Cl])([Cl])[C]1=NC(Br)=CC2=Cc3ccccc3C21. The van der Waals surface area contributed by atoms with Gasteiger partial charge in [-0.1, -0.05) is 0 Å². The Morgan fingerprint density at radius 2 is 1.83 bits per heavy atom. The standard InChI is InChI=1S/C12H7BrN.3ClH.Zr/c13-12-6-9-5-8-3-1-2-4-10(8)11(9)7-14-12;;;;/h1-6,11H;3*1H;/q;;;;+3/p-3. The molecule has 1 atom stereocenters. The number of benzene rings is 1. The molecule has 1 aromatic carbocycles. The molecule has 18 heavy (non-hydrogen) atoms. The first kappa shape index (κ1) is 13.6. The van der Waals surface area contributed by atoms with Crippen LogP contribution in [0.25, 0.3) is 6.08 Å². The fraction of sp³-hybridized carbons (Fsp3) is 0.0833. The topological polar surface area (TPSA) is 12.4 Å². The molecular weight excluding hydrogens is 436 g/mol. The number of fused-ring (bicyclic) bond motifs is 3. The third kappa shape index (κ3) is 2.34.